The third kappa shape index (κ3) is 2.64. The van der Waals surface area contributed by atoms with Crippen LogP contribution in [0.4, 0.5) is 5.13 Å². The number of Topliss-reactive ketones (excluding diaryl/α,β-unsaturated/α-hetero) is 1. The first kappa shape index (κ1) is 10.8. The summed E-state index contributed by atoms with van der Waals surface area (Å²) in [7, 11) is 0. The van der Waals surface area contributed by atoms with Gasteiger partial charge in [0.05, 0.1) is 0 Å². The maximum Gasteiger partial charge on any atom is 0.203 e. The Bertz CT molecular complexity index is 481. The minimum Gasteiger partial charge on any atom is -0.374 e. The minimum atomic E-state index is 0.120. The lowest BCUT2D eigenvalue weighted by Gasteiger charge is -1.97. The molecular weight excluding hydrogens is 222 g/mol. The monoisotopic (exact) mass is 233 g/mol. The second-order valence-corrected chi connectivity index (χ2v) is 4.42. The van der Waals surface area contributed by atoms with Crippen LogP contribution in [0.3, 0.4) is 0 Å². The number of hydrogen-bond acceptors (Lipinski definition) is 5. The van der Waals surface area contributed by atoms with E-state index in [1.165, 1.54) is 11.3 Å². The van der Waals surface area contributed by atoms with Crippen molar-refractivity contribution in [2.75, 3.05) is 5.73 Å². The maximum atomic E-state index is 11.7. The number of hydrogen-bond donors (Lipinski definition) is 1. The number of carbonyl (C=O) groups is 1. The lowest BCUT2D eigenvalue weighted by molar-refractivity contribution is 0.0983. The van der Waals surface area contributed by atoms with Crippen LogP contribution in [0.2, 0.25) is 0 Å². The van der Waals surface area contributed by atoms with E-state index in [1.54, 1.807) is 0 Å². The molecule has 0 unspecified atom stereocenters. The molecule has 2 aromatic rings. The number of rotatable bonds is 4. The molecule has 0 radical (unpaired) electrons. The molecule has 1 aromatic carbocycles. The highest BCUT2D eigenvalue weighted by Crippen LogP contribution is 2.14. The number of aryl methyl sites for hydroxylation is 1. The Balaban J connectivity index is 1.94. The van der Waals surface area contributed by atoms with Crippen molar-refractivity contribution in [1.29, 1.82) is 0 Å². The van der Waals surface area contributed by atoms with Crippen LogP contribution in [0.25, 0.3) is 0 Å². The van der Waals surface area contributed by atoms with Crippen LogP contribution in [0, 0.1) is 0 Å². The van der Waals surface area contributed by atoms with Gasteiger partial charge >= 0.3 is 0 Å². The van der Waals surface area contributed by atoms with Crippen LogP contribution in [0.5, 0.6) is 0 Å². The molecule has 2 rings (SSSR count). The molecule has 0 saturated carbocycles. The summed E-state index contributed by atoms with van der Waals surface area (Å²) in [6.07, 6.45) is 1.04. The van der Waals surface area contributed by atoms with Gasteiger partial charge in [0, 0.05) is 18.4 Å². The van der Waals surface area contributed by atoms with Gasteiger partial charge in [-0.25, -0.2) is 0 Å². The fourth-order valence-electron chi connectivity index (χ4n) is 1.36. The second-order valence-electron chi connectivity index (χ2n) is 3.32. The molecule has 1 aromatic heterocycles. The predicted octanol–water partition coefficient (Wildman–Crippen LogP) is 1.94. The molecule has 82 valence electrons. The maximum absolute atomic E-state index is 11.7. The Kier molecular flexibility index (Phi) is 3.26. The molecule has 0 aliphatic rings. The lowest BCUT2D eigenvalue weighted by Crippen LogP contribution is -2.00. The van der Waals surface area contributed by atoms with Gasteiger partial charge in [0.2, 0.25) is 5.13 Å². The molecule has 0 fully saturated rings. The number of carbonyl (C=O) groups excluding carboxylic acids is 1. The molecule has 16 heavy (non-hydrogen) atoms. The van der Waals surface area contributed by atoms with E-state index in [0.717, 1.165) is 10.6 Å². The molecule has 4 nitrogen and oxygen atoms in total. The number of nitrogens with two attached hydrogens (primary N) is 1. The molecule has 0 amide bonds. The lowest BCUT2D eigenvalue weighted by atomic mass is 10.1. The molecular formula is C11H11N3OS. The smallest absolute Gasteiger partial charge is 0.203 e. The summed E-state index contributed by atoms with van der Waals surface area (Å²) in [5.74, 6) is 0.120. The summed E-state index contributed by atoms with van der Waals surface area (Å²) in [6, 6.07) is 9.24. The third-order valence-corrected chi connectivity index (χ3v) is 2.96. The van der Waals surface area contributed by atoms with Crippen molar-refractivity contribution in [1.82, 2.24) is 10.2 Å². The van der Waals surface area contributed by atoms with Gasteiger partial charge in [-0.15, -0.1) is 10.2 Å². The van der Waals surface area contributed by atoms with Crippen molar-refractivity contribution in [3.05, 3.63) is 40.9 Å². The fourth-order valence-corrected chi connectivity index (χ4v) is 1.97. The van der Waals surface area contributed by atoms with Crippen molar-refractivity contribution in [3.8, 4) is 0 Å². The number of aromatic nitrogens is 2. The average molecular weight is 233 g/mol. The molecule has 0 saturated heterocycles. The molecule has 0 bridgehead atoms. The Morgan fingerprint density at radius 2 is 2.00 bits per heavy atom. The molecule has 0 aliphatic heterocycles. The van der Waals surface area contributed by atoms with E-state index in [-0.39, 0.29) is 5.78 Å². The highest BCUT2D eigenvalue weighted by Gasteiger charge is 2.07. The summed E-state index contributed by atoms with van der Waals surface area (Å²) in [6.45, 7) is 0. The van der Waals surface area contributed by atoms with Crippen molar-refractivity contribution in [2.45, 2.75) is 12.8 Å². The number of benzene rings is 1. The first-order valence-corrected chi connectivity index (χ1v) is 5.73. The quantitative estimate of drug-likeness (QED) is 0.819. The van der Waals surface area contributed by atoms with Gasteiger partial charge in [-0.1, -0.05) is 41.7 Å². The fraction of sp³-hybridized carbons (Fsp3) is 0.182. The molecule has 0 aliphatic carbocycles. The van der Waals surface area contributed by atoms with Gasteiger partial charge in [0.15, 0.2) is 5.78 Å². The molecule has 2 N–H and O–H groups in total. The number of nitrogen functional groups attached to an aromatic ring is 1. The van der Waals surface area contributed by atoms with E-state index >= 15 is 0 Å². The van der Waals surface area contributed by atoms with Crippen molar-refractivity contribution >= 4 is 22.3 Å². The first-order chi connectivity index (χ1) is 7.75. The third-order valence-electron chi connectivity index (χ3n) is 2.14. The van der Waals surface area contributed by atoms with Gasteiger partial charge in [-0.3, -0.25) is 4.79 Å². The largest absolute Gasteiger partial charge is 0.374 e. The van der Waals surface area contributed by atoms with Crippen molar-refractivity contribution in [3.63, 3.8) is 0 Å². The van der Waals surface area contributed by atoms with Crippen LogP contribution < -0.4 is 5.73 Å². The minimum absolute atomic E-state index is 0.120. The van der Waals surface area contributed by atoms with Crippen LogP contribution in [-0.2, 0) is 6.42 Å². The van der Waals surface area contributed by atoms with Gasteiger partial charge in [-0.2, -0.15) is 0 Å². The first-order valence-electron chi connectivity index (χ1n) is 4.92. The zero-order valence-electron chi connectivity index (χ0n) is 8.59. The van der Waals surface area contributed by atoms with Crippen molar-refractivity contribution in [2.24, 2.45) is 0 Å². The van der Waals surface area contributed by atoms with E-state index in [2.05, 4.69) is 10.2 Å². The standard InChI is InChI=1S/C11H11N3OS/c12-11-14-13-10(16-11)7-6-9(15)8-4-2-1-3-5-8/h1-5H,6-7H2,(H2,12,14). The zero-order chi connectivity index (χ0) is 11.4. The summed E-state index contributed by atoms with van der Waals surface area (Å²) < 4.78 is 0. The number of anilines is 1. The molecule has 0 atom stereocenters. The molecule has 1 heterocycles. The van der Waals surface area contributed by atoms with E-state index in [9.17, 15) is 4.79 Å². The van der Waals surface area contributed by atoms with Gasteiger partial charge in [0.1, 0.15) is 5.01 Å². The molecule has 5 heteroatoms. The Labute approximate surface area is 97.1 Å². The normalized spacial score (nSPS) is 10.2. The highest BCUT2D eigenvalue weighted by molar-refractivity contribution is 7.15. The Morgan fingerprint density at radius 3 is 2.62 bits per heavy atom. The second kappa shape index (κ2) is 4.85. The summed E-state index contributed by atoms with van der Waals surface area (Å²) in [5, 5.41) is 8.83. The predicted molar refractivity (Wildman–Crippen MR) is 63.4 cm³/mol. The van der Waals surface area contributed by atoms with E-state index in [0.29, 0.717) is 18.0 Å². The topological polar surface area (TPSA) is 68.9 Å². The van der Waals surface area contributed by atoms with Crippen molar-refractivity contribution < 1.29 is 4.79 Å². The van der Waals surface area contributed by atoms with Crippen LogP contribution >= 0.6 is 11.3 Å². The summed E-state index contributed by atoms with van der Waals surface area (Å²) in [4.78, 5) is 11.7. The SMILES string of the molecule is Nc1nnc(CCC(=O)c2ccccc2)s1. The highest BCUT2D eigenvalue weighted by atomic mass is 32.1. The average Bonchev–Trinajstić information content (AvgIpc) is 2.73. The van der Waals surface area contributed by atoms with E-state index < -0.39 is 0 Å². The summed E-state index contributed by atoms with van der Waals surface area (Å²) >= 11 is 1.33. The zero-order valence-corrected chi connectivity index (χ0v) is 9.41. The number of ketones is 1. The Morgan fingerprint density at radius 1 is 1.25 bits per heavy atom. The van der Waals surface area contributed by atoms with Crippen LogP contribution in [-0.4, -0.2) is 16.0 Å². The summed E-state index contributed by atoms with van der Waals surface area (Å²) in [5.41, 5.74) is 6.19. The number of nitrogens with zero attached hydrogens (tertiary/aromatic N) is 2. The van der Waals surface area contributed by atoms with E-state index in [4.69, 9.17) is 5.73 Å². The Hall–Kier alpha value is -1.75. The van der Waals surface area contributed by atoms with E-state index in [1.807, 2.05) is 30.3 Å². The van der Waals surface area contributed by atoms with Crippen LogP contribution in [0.1, 0.15) is 21.8 Å². The van der Waals surface area contributed by atoms with Gasteiger partial charge in [0.25, 0.3) is 0 Å². The molecule has 0 spiro atoms. The van der Waals surface area contributed by atoms with Gasteiger partial charge in [-0.05, 0) is 0 Å². The van der Waals surface area contributed by atoms with Crippen LogP contribution in [0.15, 0.2) is 30.3 Å². The van der Waals surface area contributed by atoms with Gasteiger partial charge < -0.3 is 5.73 Å².